The Labute approximate surface area is 189 Å². The minimum absolute atomic E-state index is 0.0290. The number of nitrogens with zero attached hydrogens (tertiary/aromatic N) is 2. The summed E-state index contributed by atoms with van der Waals surface area (Å²) in [4.78, 5) is 31.8. The van der Waals surface area contributed by atoms with Crippen molar-refractivity contribution in [3.63, 3.8) is 0 Å². The van der Waals surface area contributed by atoms with E-state index < -0.39 is 21.2 Å². The minimum Gasteiger partial charge on any atom is -0.341 e. The zero-order valence-electron chi connectivity index (χ0n) is 16.7. The van der Waals surface area contributed by atoms with Crippen molar-refractivity contribution in [2.45, 2.75) is 34.8 Å². The number of hydrogen-bond acceptors (Lipinski definition) is 6. The zero-order valence-corrected chi connectivity index (χ0v) is 19.1. The van der Waals surface area contributed by atoms with Crippen molar-refractivity contribution < 1.29 is 18.0 Å². The average Bonchev–Trinajstić information content (AvgIpc) is 2.74. The van der Waals surface area contributed by atoms with Crippen LogP contribution in [0.25, 0.3) is 0 Å². The Morgan fingerprint density at radius 2 is 2.00 bits per heavy atom. The van der Waals surface area contributed by atoms with Crippen molar-refractivity contribution in [2.75, 3.05) is 23.1 Å². The first-order valence-electron chi connectivity index (χ1n) is 9.78. The second-order valence-corrected chi connectivity index (χ2v) is 10.9. The first-order valence-corrected chi connectivity index (χ1v) is 12.5. The maximum atomic E-state index is 12.9. The van der Waals surface area contributed by atoms with Gasteiger partial charge in [0.05, 0.1) is 15.6 Å². The number of sulfonamides is 1. The summed E-state index contributed by atoms with van der Waals surface area (Å²) in [5.74, 6) is 0.0620. The number of hydrogen-bond donors (Lipinski definition) is 2. The van der Waals surface area contributed by atoms with Crippen LogP contribution in [0, 0.1) is 5.92 Å². The molecule has 0 spiro atoms. The van der Waals surface area contributed by atoms with Gasteiger partial charge in [-0.1, -0.05) is 18.5 Å². The number of fused-ring (bicyclic) bond motifs is 1. The number of aromatic nitrogens is 1. The smallest absolute Gasteiger partial charge is 0.263 e. The van der Waals surface area contributed by atoms with E-state index in [1.165, 1.54) is 30.5 Å². The number of amides is 2. The Bertz CT molecular complexity index is 1120. The van der Waals surface area contributed by atoms with Crippen LogP contribution in [0.5, 0.6) is 0 Å². The van der Waals surface area contributed by atoms with Crippen LogP contribution in [0.15, 0.2) is 46.3 Å². The molecule has 2 aliphatic heterocycles. The van der Waals surface area contributed by atoms with Gasteiger partial charge in [0.25, 0.3) is 10.0 Å². The van der Waals surface area contributed by atoms with Crippen LogP contribution in [-0.4, -0.2) is 48.5 Å². The van der Waals surface area contributed by atoms with Gasteiger partial charge < -0.3 is 10.2 Å². The number of nitrogens with one attached hydrogen (secondary N) is 2. The summed E-state index contributed by atoms with van der Waals surface area (Å²) < 4.78 is 27.8. The maximum absolute atomic E-state index is 12.9. The van der Waals surface area contributed by atoms with Gasteiger partial charge in [0, 0.05) is 24.2 Å². The highest BCUT2D eigenvalue weighted by molar-refractivity contribution is 8.01. The SMILES string of the molecule is CC1CCN(C(=O)[C@H]2Sc3ccc(S(=O)(=O)Nc4ccc(Cl)cn4)cc3NC2=O)CC1. The molecule has 1 aromatic heterocycles. The number of piperidine rings is 1. The Morgan fingerprint density at radius 1 is 1.26 bits per heavy atom. The second-order valence-electron chi connectivity index (χ2n) is 7.62. The molecule has 0 radical (unpaired) electrons. The molecule has 2 N–H and O–H groups in total. The lowest BCUT2D eigenvalue weighted by Gasteiger charge is -2.33. The van der Waals surface area contributed by atoms with Crippen molar-refractivity contribution in [1.29, 1.82) is 0 Å². The summed E-state index contributed by atoms with van der Waals surface area (Å²) in [5, 5.41) is 2.20. The summed E-state index contributed by atoms with van der Waals surface area (Å²) in [6, 6.07) is 7.39. The molecule has 1 aromatic carbocycles. The highest BCUT2D eigenvalue weighted by Crippen LogP contribution is 2.38. The largest absolute Gasteiger partial charge is 0.341 e. The summed E-state index contributed by atoms with van der Waals surface area (Å²) in [7, 11) is -3.92. The molecule has 2 aromatic rings. The van der Waals surface area contributed by atoms with Crippen molar-refractivity contribution in [3.05, 3.63) is 41.6 Å². The summed E-state index contributed by atoms with van der Waals surface area (Å²) in [6.07, 6.45) is 3.19. The van der Waals surface area contributed by atoms with E-state index in [9.17, 15) is 18.0 Å². The lowest BCUT2D eigenvalue weighted by Crippen LogP contribution is -2.47. The third-order valence-electron chi connectivity index (χ3n) is 5.29. The quantitative estimate of drug-likeness (QED) is 0.650. The summed E-state index contributed by atoms with van der Waals surface area (Å²) >= 11 is 6.92. The molecule has 0 saturated carbocycles. The molecule has 4 rings (SSSR count). The highest BCUT2D eigenvalue weighted by atomic mass is 35.5. The second kappa shape index (κ2) is 8.68. The number of carbonyl (C=O) groups excluding carboxylic acids is 2. The first-order chi connectivity index (χ1) is 14.7. The van der Waals surface area contributed by atoms with Gasteiger partial charge in [-0.3, -0.25) is 14.3 Å². The number of thioether (sulfide) groups is 1. The van der Waals surface area contributed by atoms with Crippen LogP contribution < -0.4 is 10.0 Å². The van der Waals surface area contributed by atoms with Gasteiger partial charge in [-0.2, -0.15) is 0 Å². The van der Waals surface area contributed by atoms with Crippen LogP contribution >= 0.6 is 23.4 Å². The molecule has 8 nitrogen and oxygen atoms in total. The third-order valence-corrected chi connectivity index (χ3v) is 8.13. The number of likely N-dealkylation sites (tertiary alicyclic amines) is 1. The molecule has 1 atom stereocenters. The van der Waals surface area contributed by atoms with Gasteiger partial charge in [0.15, 0.2) is 5.25 Å². The van der Waals surface area contributed by atoms with Gasteiger partial charge in [0.1, 0.15) is 5.82 Å². The third kappa shape index (κ3) is 4.81. The standard InChI is InChI=1S/C20H21ClN4O4S2/c1-12-6-8-25(9-7-12)20(27)18-19(26)23-15-10-14(3-4-16(15)30-18)31(28,29)24-17-5-2-13(21)11-22-17/h2-5,10-12,18H,6-9H2,1H3,(H,22,24)(H,23,26)/t18-/m0/s1. The Morgan fingerprint density at radius 3 is 2.68 bits per heavy atom. The molecular formula is C20H21ClN4O4S2. The van der Waals surface area contributed by atoms with Crippen LogP contribution in [0.4, 0.5) is 11.5 Å². The monoisotopic (exact) mass is 480 g/mol. The van der Waals surface area contributed by atoms with Crippen molar-refractivity contribution in [3.8, 4) is 0 Å². The number of benzene rings is 1. The average molecular weight is 481 g/mol. The van der Waals surface area contributed by atoms with Gasteiger partial charge in [-0.25, -0.2) is 13.4 Å². The van der Waals surface area contributed by atoms with Gasteiger partial charge >= 0.3 is 0 Å². The van der Waals surface area contributed by atoms with E-state index in [0.717, 1.165) is 24.6 Å². The summed E-state index contributed by atoms with van der Waals surface area (Å²) in [6.45, 7) is 3.46. The molecule has 11 heteroatoms. The van der Waals surface area contributed by atoms with E-state index >= 15 is 0 Å². The van der Waals surface area contributed by atoms with Crippen LogP contribution in [0.3, 0.4) is 0 Å². The predicted octanol–water partition coefficient (Wildman–Crippen LogP) is 3.21. The maximum Gasteiger partial charge on any atom is 0.263 e. The lowest BCUT2D eigenvalue weighted by atomic mass is 9.99. The molecule has 2 amide bonds. The molecule has 164 valence electrons. The number of pyridine rings is 1. The summed E-state index contributed by atoms with van der Waals surface area (Å²) in [5.41, 5.74) is 0.359. The van der Waals surface area contributed by atoms with Crippen LogP contribution in [-0.2, 0) is 19.6 Å². The van der Waals surface area contributed by atoms with Crippen molar-refractivity contribution in [1.82, 2.24) is 9.88 Å². The van der Waals surface area contributed by atoms with Crippen LogP contribution in [0.2, 0.25) is 5.02 Å². The van der Waals surface area contributed by atoms with E-state index in [0.29, 0.717) is 34.6 Å². The molecule has 0 aliphatic carbocycles. The molecule has 31 heavy (non-hydrogen) atoms. The van der Waals surface area contributed by atoms with E-state index in [1.54, 1.807) is 11.0 Å². The molecule has 0 bridgehead atoms. The van der Waals surface area contributed by atoms with Crippen molar-refractivity contribution in [2.24, 2.45) is 5.92 Å². The Kier molecular flexibility index (Phi) is 6.14. The lowest BCUT2D eigenvalue weighted by molar-refractivity contribution is -0.135. The fourth-order valence-corrected chi connectivity index (χ4v) is 5.64. The van der Waals surface area contributed by atoms with E-state index in [1.807, 2.05) is 0 Å². The van der Waals surface area contributed by atoms with Gasteiger partial charge in [0.2, 0.25) is 11.8 Å². The van der Waals surface area contributed by atoms with E-state index in [-0.39, 0.29) is 16.6 Å². The van der Waals surface area contributed by atoms with Crippen LogP contribution in [0.1, 0.15) is 19.8 Å². The predicted molar refractivity (Wildman–Crippen MR) is 120 cm³/mol. The van der Waals surface area contributed by atoms with Crippen molar-refractivity contribution >= 4 is 56.7 Å². The molecule has 0 unspecified atom stereocenters. The normalized spacial score (nSPS) is 19.5. The van der Waals surface area contributed by atoms with E-state index in [4.69, 9.17) is 11.6 Å². The fourth-order valence-electron chi connectivity index (χ4n) is 3.45. The first kappa shape index (κ1) is 21.9. The number of halogens is 1. The van der Waals surface area contributed by atoms with Gasteiger partial charge in [-0.15, -0.1) is 11.8 Å². The zero-order chi connectivity index (χ0) is 22.2. The number of anilines is 2. The topological polar surface area (TPSA) is 108 Å². The molecular weight excluding hydrogens is 460 g/mol. The molecule has 1 saturated heterocycles. The molecule has 2 aliphatic rings. The molecule has 3 heterocycles. The molecule has 1 fully saturated rings. The number of carbonyl (C=O) groups is 2. The fraction of sp³-hybridized carbons (Fsp3) is 0.350. The van der Waals surface area contributed by atoms with Gasteiger partial charge in [-0.05, 0) is 49.1 Å². The Balaban J connectivity index is 1.51. The number of rotatable bonds is 4. The highest BCUT2D eigenvalue weighted by Gasteiger charge is 2.37. The minimum atomic E-state index is -3.92. The van der Waals surface area contributed by atoms with E-state index in [2.05, 4.69) is 21.9 Å². The Hall–Kier alpha value is -2.30.